The minimum Gasteiger partial charge on any atom is -0.445 e. The maximum atomic E-state index is 12.4. The van der Waals surface area contributed by atoms with Crippen LogP contribution in [0.3, 0.4) is 0 Å². The zero-order valence-electron chi connectivity index (χ0n) is 12.1. The molecule has 6 heteroatoms. The minimum atomic E-state index is -4.33. The quantitative estimate of drug-likeness (QED) is 0.830. The summed E-state index contributed by atoms with van der Waals surface area (Å²) in [6.45, 7) is 1.55. The minimum absolute atomic E-state index is 0.107. The summed E-state index contributed by atoms with van der Waals surface area (Å²) in [5.74, 6) is 0. The predicted molar refractivity (Wildman–Crippen MR) is 77.3 cm³/mol. The number of rotatable bonds is 3. The van der Waals surface area contributed by atoms with Crippen molar-refractivity contribution in [2.75, 3.05) is 19.7 Å². The summed E-state index contributed by atoms with van der Waals surface area (Å²) in [7, 11) is 0. The average molecular weight is 313 g/mol. The third kappa shape index (κ3) is 4.79. The molecule has 1 aliphatic rings. The largest absolute Gasteiger partial charge is 0.445 e. The lowest BCUT2D eigenvalue weighted by molar-refractivity contribution is -0.137. The van der Waals surface area contributed by atoms with E-state index in [1.165, 1.54) is 12.1 Å². The van der Waals surface area contributed by atoms with Gasteiger partial charge in [-0.05, 0) is 43.0 Å². The Morgan fingerprint density at radius 1 is 1.14 bits per heavy atom. The van der Waals surface area contributed by atoms with E-state index >= 15 is 0 Å². The lowest BCUT2D eigenvalue weighted by atomic mass is 10.1. The van der Waals surface area contributed by atoms with E-state index in [9.17, 15) is 18.0 Å². The van der Waals surface area contributed by atoms with Crippen molar-refractivity contribution in [1.29, 1.82) is 0 Å². The van der Waals surface area contributed by atoms with Crippen LogP contribution < -0.4 is 0 Å². The number of ether oxygens (including phenoxy) is 1. The van der Waals surface area contributed by atoms with Gasteiger partial charge >= 0.3 is 12.3 Å². The van der Waals surface area contributed by atoms with Crippen LogP contribution in [0.25, 0.3) is 6.08 Å². The van der Waals surface area contributed by atoms with Crippen LogP contribution in [0.15, 0.2) is 30.3 Å². The van der Waals surface area contributed by atoms with Gasteiger partial charge < -0.3 is 9.64 Å². The second-order valence-corrected chi connectivity index (χ2v) is 5.15. The van der Waals surface area contributed by atoms with Gasteiger partial charge in [0.15, 0.2) is 0 Å². The zero-order valence-corrected chi connectivity index (χ0v) is 12.1. The summed E-state index contributed by atoms with van der Waals surface area (Å²) in [6.07, 6.45) is 1.71. The number of piperidine rings is 1. The van der Waals surface area contributed by atoms with E-state index in [-0.39, 0.29) is 12.7 Å². The molecule has 2 rings (SSSR count). The SMILES string of the molecule is O=C(OCC=Cc1ccc(C(F)(F)F)cc1)N1CCCCC1. The van der Waals surface area contributed by atoms with E-state index in [1.807, 2.05) is 0 Å². The highest BCUT2D eigenvalue weighted by Gasteiger charge is 2.29. The standard InChI is InChI=1S/C16H18F3NO2/c17-16(18,19)14-8-6-13(7-9-14)5-4-12-22-15(21)20-10-2-1-3-11-20/h4-9H,1-3,10-12H2. The molecule has 0 atom stereocenters. The molecule has 1 saturated heterocycles. The molecule has 1 aromatic carbocycles. The third-order valence-electron chi connectivity index (χ3n) is 3.47. The fraction of sp³-hybridized carbons (Fsp3) is 0.438. The number of hydrogen-bond acceptors (Lipinski definition) is 2. The van der Waals surface area contributed by atoms with Crippen molar-refractivity contribution in [2.24, 2.45) is 0 Å². The van der Waals surface area contributed by atoms with E-state index in [1.54, 1.807) is 17.1 Å². The highest BCUT2D eigenvalue weighted by molar-refractivity contribution is 5.68. The molecular formula is C16H18F3NO2. The van der Waals surface area contributed by atoms with Gasteiger partial charge in [-0.2, -0.15) is 13.2 Å². The van der Waals surface area contributed by atoms with Crippen LogP contribution in [-0.2, 0) is 10.9 Å². The molecule has 0 radical (unpaired) electrons. The number of likely N-dealkylation sites (tertiary alicyclic amines) is 1. The van der Waals surface area contributed by atoms with Gasteiger partial charge in [0.1, 0.15) is 6.61 Å². The van der Waals surface area contributed by atoms with Crippen LogP contribution in [0.2, 0.25) is 0 Å². The molecular weight excluding hydrogens is 295 g/mol. The zero-order chi connectivity index (χ0) is 16.0. The molecule has 0 saturated carbocycles. The first-order chi connectivity index (χ1) is 10.5. The summed E-state index contributed by atoms with van der Waals surface area (Å²) >= 11 is 0. The third-order valence-corrected chi connectivity index (χ3v) is 3.47. The number of carbonyl (C=O) groups excluding carboxylic acids is 1. The van der Waals surface area contributed by atoms with Crippen molar-refractivity contribution in [2.45, 2.75) is 25.4 Å². The van der Waals surface area contributed by atoms with Crippen molar-refractivity contribution in [3.05, 3.63) is 41.5 Å². The lowest BCUT2D eigenvalue weighted by Crippen LogP contribution is -2.36. The van der Waals surface area contributed by atoms with E-state index in [0.29, 0.717) is 5.56 Å². The highest BCUT2D eigenvalue weighted by atomic mass is 19.4. The Kier molecular flexibility index (Phi) is 5.46. The Morgan fingerprint density at radius 3 is 2.36 bits per heavy atom. The molecule has 22 heavy (non-hydrogen) atoms. The smallest absolute Gasteiger partial charge is 0.416 e. The number of benzene rings is 1. The summed E-state index contributed by atoms with van der Waals surface area (Å²) < 4.78 is 42.3. The first kappa shape index (κ1) is 16.4. The summed E-state index contributed by atoms with van der Waals surface area (Å²) in [5.41, 5.74) is -0.0526. The molecule has 0 aliphatic carbocycles. The number of hydrogen-bond donors (Lipinski definition) is 0. The molecule has 0 N–H and O–H groups in total. The van der Waals surface area contributed by atoms with Gasteiger partial charge in [0.2, 0.25) is 0 Å². The molecule has 1 fully saturated rings. The van der Waals surface area contributed by atoms with Crippen molar-refractivity contribution >= 4 is 12.2 Å². The van der Waals surface area contributed by atoms with Crippen LogP contribution in [0.1, 0.15) is 30.4 Å². The fourth-order valence-corrected chi connectivity index (χ4v) is 2.25. The Bertz CT molecular complexity index is 517. The number of halogens is 3. The summed E-state index contributed by atoms with van der Waals surface area (Å²) in [5, 5.41) is 0. The highest BCUT2D eigenvalue weighted by Crippen LogP contribution is 2.29. The van der Waals surface area contributed by atoms with Gasteiger partial charge in [0, 0.05) is 13.1 Å². The molecule has 0 unspecified atom stereocenters. The Balaban J connectivity index is 1.78. The number of carbonyl (C=O) groups is 1. The van der Waals surface area contributed by atoms with Gasteiger partial charge in [-0.1, -0.05) is 18.2 Å². The number of nitrogens with zero attached hydrogens (tertiary/aromatic N) is 1. The monoisotopic (exact) mass is 313 g/mol. The molecule has 0 spiro atoms. The molecule has 0 aromatic heterocycles. The molecule has 1 aromatic rings. The predicted octanol–water partition coefficient (Wildman–Crippen LogP) is 4.34. The van der Waals surface area contributed by atoms with Crippen LogP contribution in [0.5, 0.6) is 0 Å². The van der Waals surface area contributed by atoms with Crippen molar-refractivity contribution in [3.8, 4) is 0 Å². The molecule has 120 valence electrons. The first-order valence-corrected chi connectivity index (χ1v) is 7.22. The molecule has 1 heterocycles. The second-order valence-electron chi connectivity index (χ2n) is 5.15. The lowest BCUT2D eigenvalue weighted by Gasteiger charge is -2.25. The van der Waals surface area contributed by atoms with Gasteiger partial charge in [-0.3, -0.25) is 0 Å². The topological polar surface area (TPSA) is 29.5 Å². The van der Waals surface area contributed by atoms with Crippen LogP contribution in [0.4, 0.5) is 18.0 Å². The van der Waals surface area contributed by atoms with Crippen LogP contribution in [0, 0.1) is 0 Å². The fourth-order valence-electron chi connectivity index (χ4n) is 2.25. The van der Waals surface area contributed by atoms with Crippen molar-refractivity contribution in [1.82, 2.24) is 4.90 Å². The van der Waals surface area contributed by atoms with Crippen LogP contribution >= 0.6 is 0 Å². The first-order valence-electron chi connectivity index (χ1n) is 7.22. The van der Waals surface area contributed by atoms with Crippen LogP contribution in [-0.4, -0.2) is 30.7 Å². The Hall–Kier alpha value is -1.98. The second kappa shape index (κ2) is 7.33. The molecule has 3 nitrogen and oxygen atoms in total. The van der Waals surface area contributed by atoms with Gasteiger partial charge in [-0.25, -0.2) is 4.79 Å². The van der Waals surface area contributed by atoms with E-state index in [2.05, 4.69) is 0 Å². The van der Waals surface area contributed by atoms with Crippen molar-refractivity contribution < 1.29 is 22.7 Å². The number of alkyl halides is 3. The number of amides is 1. The summed E-state index contributed by atoms with van der Waals surface area (Å²) in [6, 6.07) is 4.82. The van der Waals surface area contributed by atoms with Crippen molar-refractivity contribution in [3.63, 3.8) is 0 Å². The average Bonchev–Trinajstić information content (AvgIpc) is 2.52. The molecule has 1 aliphatic heterocycles. The molecule has 1 amide bonds. The maximum Gasteiger partial charge on any atom is 0.416 e. The van der Waals surface area contributed by atoms with E-state index in [4.69, 9.17) is 4.74 Å². The van der Waals surface area contributed by atoms with Gasteiger partial charge in [0.05, 0.1) is 5.56 Å². The Morgan fingerprint density at radius 2 is 1.77 bits per heavy atom. The summed E-state index contributed by atoms with van der Waals surface area (Å²) in [4.78, 5) is 13.4. The normalized spacial score (nSPS) is 16.0. The van der Waals surface area contributed by atoms with E-state index < -0.39 is 11.7 Å². The van der Waals surface area contributed by atoms with Gasteiger partial charge in [0.25, 0.3) is 0 Å². The van der Waals surface area contributed by atoms with Gasteiger partial charge in [-0.15, -0.1) is 0 Å². The van der Waals surface area contributed by atoms with E-state index in [0.717, 1.165) is 44.5 Å². The molecule has 0 bridgehead atoms. The Labute approximate surface area is 127 Å². The maximum absolute atomic E-state index is 12.4.